The maximum absolute atomic E-state index is 13.8. The fourth-order valence-electron chi connectivity index (χ4n) is 5.39. The molecule has 0 saturated carbocycles. The molecule has 0 saturated heterocycles. The van der Waals surface area contributed by atoms with Gasteiger partial charge in [0.15, 0.2) is 0 Å². The van der Waals surface area contributed by atoms with Crippen LogP contribution in [0.2, 0.25) is 0 Å². The van der Waals surface area contributed by atoms with E-state index < -0.39 is 0 Å². The summed E-state index contributed by atoms with van der Waals surface area (Å²) in [5, 5.41) is 1.57. The van der Waals surface area contributed by atoms with Gasteiger partial charge in [0, 0.05) is 46.9 Å². The average molecular weight is 541 g/mol. The van der Waals surface area contributed by atoms with E-state index in [9.17, 15) is 14.4 Å². The standard InChI is InChI=1S/C35H28N2O4/c1-41-29-14-7-13-28(23-29)36(33(38)27-19-17-25(18-20-27)24-9-3-2-4-10-24)21-8-22-37-34(39)30-15-5-11-26-12-6-16-31(32(26)30)35(37)40/h2-7,9-20,23H,8,21-22H2,1H3. The highest BCUT2D eigenvalue weighted by molar-refractivity contribution is 6.25. The number of imide groups is 1. The van der Waals surface area contributed by atoms with Crippen molar-refractivity contribution in [1.82, 2.24) is 4.90 Å². The highest BCUT2D eigenvalue weighted by Crippen LogP contribution is 2.30. The van der Waals surface area contributed by atoms with Crippen molar-refractivity contribution < 1.29 is 19.1 Å². The number of anilines is 1. The molecule has 0 aromatic heterocycles. The van der Waals surface area contributed by atoms with E-state index in [0.717, 1.165) is 16.5 Å². The predicted molar refractivity (Wildman–Crippen MR) is 160 cm³/mol. The van der Waals surface area contributed by atoms with Crippen LogP contribution in [0.4, 0.5) is 5.69 Å². The van der Waals surface area contributed by atoms with Crippen LogP contribution in [0.3, 0.4) is 0 Å². The summed E-state index contributed by atoms with van der Waals surface area (Å²) in [6.07, 6.45) is 0.403. The molecule has 0 spiro atoms. The van der Waals surface area contributed by atoms with Gasteiger partial charge in [-0.1, -0.05) is 72.8 Å². The van der Waals surface area contributed by atoms with Gasteiger partial charge in [-0.05, 0) is 59.3 Å². The van der Waals surface area contributed by atoms with E-state index in [1.54, 1.807) is 24.1 Å². The van der Waals surface area contributed by atoms with Crippen molar-refractivity contribution >= 4 is 34.2 Å². The molecule has 3 amide bonds. The molecule has 1 aliphatic rings. The largest absolute Gasteiger partial charge is 0.497 e. The molecule has 0 aliphatic carbocycles. The van der Waals surface area contributed by atoms with Gasteiger partial charge < -0.3 is 9.64 Å². The minimum Gasteiger partial charge on any atom is -0.497 e. The van der Waals surface area contributed by atoms with Crippen molar-refractivity contribution in [1.29, 1.82) is 0 Å². The van der Waals surface area contributed by atoms with Crippen LogP contribution in [0.15, 0.2) is 115 Å². The molecule has 0 atom stereocenters. The van der Waals surface area contributed by atoms with Gasteiger partial charge in [0.1, 0.15) is 5.75 Å². The van der Waals surface area contributed by atoms with Crippen molar-refractivity contribution in [2.24, 2.45) is 0 Å². The van der Waals surface area contributed by atoms with Gasteiger partial charge in [0.25, 0.3) is 17.7 Å². The Morgan fingerprint density at radius 3 is 2.02 bits per heavy atom. The average Bonchev–Trinajstić information content (AvgIpc) is 3.03. The normalized spacial score (nSPS) is 12.5. The van der Waals surface area contributed by atoms with Gasteiger partial charge in [-0.15, -0.1) is 0 Å². The summed E-state index contributed by atoms with van der Waals surface area (Å²) in [6, 6.07) is 35.8. The number of hydrogen-bond acceptors (Lipinski definition) is 4. The van der Waals surface area contributed by atoms with Crippen molar-refractivity contribution in [3.8, 4) is 16.9 Å². The van der Waals surface area contributed by atoms with Crippen LogP contribution in [0, 0.1) is 0 Å². The number of hydrogen-bond donors (Lipinski definition) is 0. The van der Waals surface area contributed by atoms with Crippen LogP contribution in [0.25, 0.3) is 21.9 Å². The quantitative estimate of drug-likeness (QED) is 0.202. The summed E-state index contributed by atoms with van der Waals surface area (Å²) < 4.78 is 5.41. The number of carbonyl (C=O) groups excluding carboxylic acids is 3. The van der Waals surface area contributed by atoms with E-state index in [0.29, 0.717) is 46.5 Å². The lowest BCUT2D eigenvalue weighted by Gasteiger charge is -2.29. The Hall–Kier alpha value is -5.23. The first-order valence-corrected chi connectivity index (χ1v) is 13.5. The maximum atomic E-state index is 13.8. The fraction of sp³-hybridized carbons (Fsp3) is 0.114. The molecular weight excluding hydrogens is 512 g/mol. The molecule has 0 fully saturated rings. The SMILES string of the molecule is COc1cccc(N(CCCN2C(=O)c3cccc4cccc(c34)C2=O)C(=O)c2ccc(-c3ccccc3)cc2)c1. The first-order valence-electron chi connectivity index (χ1n) is 13.5. The molecule has 202 valence electrons. The number of benzene rings is 5. The molecule has 0 N–H and O–H groups in total. The zero-order valence-corrected chi connectivity index (χ0v) is 22.6. The maximum Gasteiger partial charge on any atom is 0.261 e. The van der Waals surface area contributed by atoms with Crippen LogP contribution in [-0.4, -0.2) is 42.8 Å². The summed E-state index contributed by atoms with van der Waals surface area (Å²) in [6.45, 7) is 0.485. The Bertz CT molecular complexity index is 1710. The molecule has 6 rings (SSSR count). The third-order valence-corrected chi connectivity index (χ3v) is 7.47. The number of nitrogens with zero attached hydrogens (tertiary/aromatic N) is 2. The third-order valence-electron chi connectivity index (χ3n) is 7.47. The summed E-state index contributed by atoms with van der Waals surface area (Å²) in [4.78, 5) is 43.5. The fourth-order valence-corrected chi connectivity index (χ4v) is 5.39. The Morgan fingerprint density at radius 1 is 0.732 bits per heavy atom. The van der Waals surface area contributed by atoms with E-state index in [-0.39, 0.29) is 24.3 Å². The molecule has 6 heteroatoms. The monoisotopic (exact) mass is 540 g/mol. The van der Waals surface area contributed by atoms with E-state index in [4.69, 9.17) is 4.74 Å². The Labute approximate surface area is 238 Å². The Kier molecular flexibility index (Phi) is 7.04. The van der Waals surface area contributed by atoms with Crippen LogP contribution in [0.1, 0.15) is 37.5 Å². The van der Waals surface area contributed by atoms with Gasteiger partial charge in [0.05, 0.1) is 7.11 Å². The summed E-state index contributed by atoms with van der Waals surface area (Å²) in [5.41, 5.74) is 4.36. The lowest BCUT2D eigenvalue weighted by Crippen LogP contribution is -2.42. The molecule has 5 aromatic rings. The van der Waals surface area contributed by atoms with Crippen LogP contribution >= 0.6 is 0 Å². The molecular formula is C35H28N2O4. The van der Waals surface area contributed by atoms with Crippen LogP contribution in [0.5, 0.6) is 5.75 Å². The summed E-state index contributed by atoms with van der Waals surface area (Å²) in [7, 11) is 1.58. The third kappa shape index (κ3) is 4.96. The molecule has 1 aliphatic heterocycles. The molecule has 6 nitrogen and oxygen atoms in total. The second-order valence-electron chi connectivity index (χ2n) is 9.93. The van der Waals surface area contributed by atoms with Gasteiger partial charge >= 0.3 is 0 Å². The lowest BCUT2D eigenvalue weighted by atomic mass is 9.94. The molecule has 0 radical (unpaired) electrons. The topological polar surface area (TPSA) is 66.9 Å². The summed E-state index contributed by atoms with van der Waals surface area (Å²) >= 11 is 0. The first-order chi connectivity index (χ1) is 20.0. The number of methoxy groups -OCH3 is 1. The van der Waals surface area contributed by atoms with E-state index in [2.05, 4.69) is 0 Å². The minimum atomic E-state index is -0.310. The van der Waals surface area contributed by atoms with Crippen LogP contribution < -0.4 is 9.64 Å². The van der Waals surface area contributed by atoms with Crippen molar-refractivity contribution in [2.45, 2.75) is 6.42 Å². The predicted octanol–water partition coefficient (Wildman–Crippen LogP) is 6.85. The number of carbonyl (C=O) groups is 3. The van der Waals surface area contributed by atoms with Gasteiger partial charge in [-0.3, -0.25) is 19.3 Å². The highest BCUT2D eigenvalue weighted by atomic mass is 16.5. The van der Waals surface area contributed by atoms with Crippen molar-refractivity contribution in [3.63, 3.8) is 0 Å². The van der Waals surface area contributed by atoms with E-state index in [1.165, 1.54) is 4.90 Å². The Morgan fingerprint density at radius 2 is 1.37 bits per heavy atom. The van der Waals surface area contributed by atoms with Gasteiger partial charge in [0.2, 0.25) is 0 Å². The zero-order valence-electron chi connectivity index (χ0n) is 22.6. The second kappa shape index (κ2) is 11.1. The molecule has 5 aromatic carbocycles. The zero-order chi connectivity index (χ0) is 28.3. The van der Waals surface area contributed by atoms with Gasteiger partial charge in [-0.2, -0.15) is 0 Å². The van der Waals surface area contributed by atoms with E-state index in [1.807, 2.05) is 103 Å². The number of amides is 3. The molecule has 1 heterocycles. The first kappa shape index (κ1) is 26.0. The number of rotatable bonds is 8. The smallest absolute Gasteiger partial charge is 0.261 e. The molecule has 0 bridgehead atoms. The van der Waals surface area contributed by atoms with Crippen molar-refractivity contribution in [2.75, 3.05) is 25.1 Å². The lowest BCUT2D eigenvalue weighted by molar-refractivity contribution is 0.0610. The number of ether oxygens (including phenoxy) is 1. The molecule has 0 unspecified atom stereocenters. The summed E-state index contributed by atoms with van der Waals surface area (Å²) in [5.74, 6) is -0.166. The highest BCUT2D eigenvalue weighted by Gasteiger charge is 2.32. The minimum absolute atomic E-state index is 0.177. The van der Waals surface area contributed by atoms with E-state index >= 15 is 0 Å². The molecule has 41 heavy (non-hydrogen) atoms. The Balaban J connectivity index is 1.24. The van der Waals surface area contributed by atoms with Crippen LogP contribution in [-0.2, 0) is 0 Å². The second-order valence-corrected chi connectivity index (χ2v) is 9.93. The van der Waals surface area contributed by atoms with Gasteiger partial charge in [-0.25, -0.2) is 0 Å². The van der Waals surface area contributed by atoms with Crippen molar-refractivity contribution in [3.05, 3.63) is 132 Å².